The summed E-state index contributed by atoms with van der Waals surface area (Å²) < 4.78 is 9.88. The first kappa shape index (κ1) is 13.1. The summed E-state index contributed by atoms with van der Waals surface area (Å²) in [4.78, 5) is 10.6. The quantitative estimate of drug-likeness (QED) is 0.492. The van der Waals surface area contributed by atoms with Gasteiger partial charge in [-0.1, -0.05) is 13.5 Å². The molecule has 0 amide bonds. The molecule has 2 unspecified atom stereocenters. The van der Waals surface area contributed by atoms with Crippen molar-refractivity contribution in [3.05, 3.63) is 12.7 Å². The van der Waals surface area contributed by atoms with E-state index in [2.05, 4.69) is 11.3 Å². The van der Waals surface area contributed by atoms with E-state index in [9.17, 15) is 9.90 Å². The van der Waals surface area contributed by atoms with Gasteiger partial charge in [-0.25, -0.2) is 4.79 Å². The highest BCUT2D eigenvalue weighted by molar-refractivity contribution is 5.81. The Labute approximate surface area is 84.5 Å². The largest absolute Gasteiger partial charge is 0.460 e. The van der Waals surface area contributed by atoms with E-state index in [1.54, 1.807) is 0 Å². The first-order valence-corrected chi connectivity index (χ1v) is 4.69. The molecule has 0 aromatic carbocycles. The molecule has 0 aromatic heterocycles. The summed E-state index contributed by atoms with van der Waals surface area (Å²) in [7, 11) is 0. The van der Waals surface area contributed by atoms with E-state index < -0.39 is 12.1 Å². The van der Waals surface area contributed by atoms with Crippen LogP contribution in [0.25, 0.3) is 0 Å². The Kier molecular flexibility index (Phi) is 7.06. The summed E-state index contributed by atoms with van der Waals surface area (Å²) in [6, 6.07) is 0. The molecule has 82 valence electrons. The lowest BCUT2D eigenvalue weighted by Gasteiger charge is -2.14. The van der Waals surface area contributed by atoms with Crippen LogP contribution in [0, 0.1) is 0 Å². The van der Waals surface area contributed by atoms with Gasteiger partial charge in [-0.3, -0.25) is 0 Å². The molecular weight excluding hydrogens is 184 g/mol. The van der Waals surface area contributed by atoms with Crippen molar-refractivity contribution in [2.24, 2.45) is 0 Å². The third-order valence-electron chi connectivity index (χ3n) is 1.73. The van der Waals surface area contributed by atoms with Gasteiger partial charge in [-0.2, -0.15) is 0 Å². The van der Waals surface area contributed by atoms with Gasteiger partial charge in [0, 0.05) is 6.08 Å². The van der Waals surface area contributed by atoms with Crippen molar-refractivity contribution in [2.75, 3.05) is 13.2 Å². The van der Waals surface area contributed by atoms with Crippen LogP contribution in [0.1, 0.15) is 20.3 Å². The maximum atomic E-state index is 10.6. The Bertz CT molecular complexity index is 179. The molecule has 0 aromatic rings. The highest BCUT2D eigenvalue weighted by atomic mass is 16.5. The number of carbonyl (C=O) groups is 1. The van der Waals surface area contributed by atoms with Crippen molar-refractivity contribution in [1.29, 1.82) is 0 Å². The number of hydrogen-bond donors (Lipinski definition) is 1. The van der Waals surface area contributed by atoms with E-state index >= 15 is 0 Å². The molecule has 0 rings (SSSR count). The van der Waals surface area contributed by atoms with E-state index in [-0.39, 0.29) is 19.3 Å². The number of esters is 1. The Morgan fingerprint density at radius 1 is 1.57 bits per heavy atom. The minimum atomic E-state index is -0.770. The molecule has 0 saturated carbocycles. The van der Waals surface area contributed by atoms with Crippen LogP contribution in [-0.4, -0.2) is 36.5 Å². The molecule has 14 heavy (non-hydrogen) atoms. The number of rotatable bonds is 7. The number of aliphatic hydroxyl groups excluding tert-OH is 1. The molecule has 2 atom stereocenters. The van der Waals surface area contributed by atoms with Crippen molar-refractivity contribution in [2.45, 2.75) is 32.5 Å². The van der Waals surface area contributed by atoms with Gasteiger partial charge in [0.05, 0.1) is 12.7 Å². The topological polar surface area (TPSA) is 55.8 Å². The Morgan fingerprint density at radius 3 is 2.71 bits per heavy atom. The van der Waals surface area contributed by atoms with Crippen molar-refractivity contribution < 1.29 is 19.4 Å². The molecule has 0 radical (unpaired) electrons. The van der Waals surface area contributed by atoms with Crippen molar-refractivity contribution in [1.82, 2.24) is 0 Å². The van der Waals surface area contributed by atoms with E-state index in [1.807, 2.05) is 13.8 Å². The predicted molar refractivity (Wildman–Crippen MR) is 52.9 cm³/mol. The summed E-state index contributed by atoms with van der Waals surface area (Å²) in [5.41, 5.74) is 0. The zero-order chi connectivity index (χ0) is 11.0. The van der Waals surface area contributed by atoms with E-state index in [4.69, 9.17) is 4.74 Å². The highest BCUT2D eigenvalue weighted by Gasteiger charge is 2.08. The minimum absolute atomic E-state index is 0.0543. The average molecular weight is 202 g/mol. The van der Waals surface area contributed by atoms with Gasteiger partial charge in [0.25, 0.3) is 0 Å². The van der Waals surface area contributed by atoms with Crippen LogP contribution in [0.3, 0.4) is 0 Å². The molecule has 4 nitrogen and oxygen atoms in total. The van der Waals surface area contributed by atoms with Gasteiger partial charge >= 0.3 is 5.97 Å². The number of aliphatic hydroxyl groups is 1. The Balaban J connectivity index is 3.50. The van der Waals surface area contributed by atoms with Crippen LogP contribution in [-0.2, 0) is 14.3 Å². The van der Waals surface area contributed by atoms with Gasteiger partial charge < -0.3 is 14.6 Å². The third kappa shape index (κ3) is 6.62. The number of hydrogen-bond acceptors (Lipinski definition) is 4. The second kappa shape index (κ2) is 7.53. The van der Waals surface area contributed by atoms with E-state index in [1.165, 1.54) is 0 Å². The first-order valence-electron chi connectivity index (χ1n) is 4.69. The summed E-state index contributed by atoms with van der Waals surface area (Å²) >= 11 is 0. The summed E-state index contributed by atoms with van der Waals surface area (Å²) in [5, 5.41) is 9.30. The molecule has 4 heteroatoms. The summed E-state index contributed by atoms with van der Waals surface area (Å²) in [6.07, 6.45) is 1.29. The highest BCUT2D eigenvalue weighted by Crippen LogP contribution is 1.97. The smallest absolute Gasteiger partial charge is 0.330 e. The summed E-state index contributed by atoms with van der Waals surface area (Å²) in [6.45, 7) is 7.28. The zero-order valence-electron chi connectivity index (χ0n) is 8.73. The second-order valence-electron chi connectivity index (χ2n) is 3.04. The third-order valence-corrected chi connectivity index (χ3v) is 1.73. The van der Waals surface area contributed by atoms with Gasteiger partial charge in [-0.15, -0.1) is 0 Å². The lowest BCUT2D eigenvalue weighted by molar-refractivity contribution is -0.142. The predicted octanol–water partition coefficient (Wildman–Crippen LogP) is 0.892. The molecule has 0 aliphatic rings. The molecule has 0 saturated heterocycles. The maximum Gasteiger partial charge on any atom is 0.330 e. The van der Waals surface area contributed by atoms with Crippen molar-refractivity contribution in [3.8, 4) is 0 Å². The molecular formula is C10H18O4. The van der Waals surface area contributed by atoms with Crippen LogP contribution >= 0.6 is 0 Å². The molecule has 0 aliphatic heterocycles. The van der Waals surface area contributed by atoms with Crippen LogP contribution in [0.4, 0.5) is 0 Å². The fraction of sp³-hybridized carbons (Fsp3) is 0.700. The second-order valence-corrected chi connectivity index (χ2v) is 3.04. The van der Waals surface area contributed by atoms with Crippen LogP contribution in [0.5, 0.6) is 0 Å². The normalized spacial score (nSPS) is 14.5. The van der Waals surface area contributed by atoms with Gasteiger partial charge in [0.1, 0.15) is 12.7 Å². The Morgan fingerprint density at radius 2 is 2.21 bits per heavy atom. The molecule has 0 bridgehead atoms. The van der Waals surface area contributed by atoms with Gasteiger partial charge in [0.15, 0.2) is 0 Å². The SMILES string of the molecule is C=CC(=O)OCC(O)COC(C)CC. The molecule has 0 fully saturated rings. The van der Waals surface area contributed by atoms with Crippen molar-refractivity contribution >= 4 is 5.97 Å². The van der Waals surface area contributed by atoms with E-state index in [0.29, 0.717) is 0 Å². The van der Waals surface area contributed by atoms with Crippen LogP contribution in [0.2, 0.25) is 0 Å². The lowest BCUT2D eigenvalue weighted by atomic mass is 10.3. The zero-order valence-corrected chi connectivity index (χ0v) is 8.73. The van der Waals surface area contributed by atoms with Gasteiger partial charge in [0.2, 0.25) is 0 Å². The van der Waals surface area contributed by atoms with Crippen molar-refractivity contribution in [3.63, 3.8) is 0 Å². The number of carbonyl (C=O) groups excluding carboxylic acids is 1. The average Bonchev–Trinajstić information content (AvgIpc) is 2.22. The lowest BCUT2D eigenvalue weighted by Crippen LogP contribution is -2.25. The minimum Gasteiger partial charge on any atom is -0.460 e. The fourth-order valence-electron chi connectivity index (χ4n) is 0.679. The molecule has 0 spiro atoms. The molecule has 1 N–H and O–H groups in total. The first-order chi connectivity index (χ1) is 6.60. The summed E-state index contributed by atoms with van der Waals surface area (Å²) in [5.74, 6) is -0.535. The van der Waals surface area contributed by atoms with Crippen LogP contribution < -0.4 is 0 Å². The standard InChI is InChI=1S/C10H18O4/c1-4-8(3)13-6-9(11)7-14-10(12)5-2/h5,8-9,11H,2,4,6-7H2,1,3H3. The van der Waals surface area contributed by atoms with Crippen LogP contribution in [0.15, 0.2) is 12.7 Å². The maximum absolute atomic E-state index is 10.6. The molecule has 0 aliphatic carbocycles. The monoisotopic (exact) mass is 202 g/mol. The van der Waals surface area contributed by atoms with Gasteiger partial charge in [-0.05, 0) is 13.3 Å². The number of ether oxygens (including phenoxy) is 2. The molecule has 0 heterocycles. The Hall–Kier alpha value is -0.870. The fourth-order valence-corrected chi connectivity index (χ4v) is 0.679. The van der Waals surface area contributed by atoms with E-state index in [0.717, 1.165) is 12.5 Å².